The number of carbonyl (C=O) groups is 1. The predicted molar refractivity (Wildman–Crippen MR) is 106 cm³/mol. The fourth-order valence-electron chi connectivity index (χ4n) is 5.98. The highest BCUT2D eigenvalue weighted by atomic mass is 32.2. The van der Waals surface area contributed by atoms with Gasteiger partial charge < -0.3 is 20.1 Å². The normalized spacial score (nSPS) is 36.4. The SMILES string of the molecule is CSc1c(O)c2c(c(O)c1SC)[C@@H]1CO[C@@H]3[C@@H]4C[C@@H](C(=O)O)[C@H]([C@H](C2)N31)N4C. The van der Waals surface area contributed by atoms with Gasteiger partial charge in [-0.05, 0) is 32.4 Å². The van der Waals surface area contributed by atoms with Crippen LogP contribution in [-0.2, 0) is 16.0 Å². The van der Waals surface area contributed by atoms with Gasteiger partial charge in [0.1, 0.15) is 17.7 Å². The molecule has 4 heterocycles. The van der Waals surface area contributed by atoms with E-state index in [4.69, 9.17) is 4.74 Å². The molecule has 0 radical (unpaired) electrons. The lowest BCUT2D eigenvalue weighted by atomic mass is 9.81. The van der Waals surface area contributed by atoms with Crippen molar-refractivity contribution in [1.29, 1.82) is 0 Å². The van der Waals surface area contributed by atoms with E-state index in [1.54, 1.807) is 0 Å². The molecule has 0 unspecified atom stereocenters. The zero-order valence-corrected chi connectivity index (χ0v) is 17.6. The third-order valence-corrected chi connectivity index (χ3v) is 8.80. The minimum absolute atomic E-state index is 0.0372. The Morgan fingerprint density at radius 3 is 2.46 bits per heavy atom. The monoisotopic (exact) mass is 424 g/mol. The molecule has 3 fully saturated rings. The van der Waals surface area contributed by atoms with Gasteiger partial charge in [-0.2, -0.15) is 0 Å². The molecule has 1 aromatic rings. The summed E-state index contributed by atoms with van der Waals surface area (Å²) in [4.78, 5) is 17.8. The summed E-state index contributed by atoms with van der Waals surface area (Å²) in [6.45, 7) is 0.447. The Balaban J connectivity index is 1.69. The number of hydrogen-bond donors (Lipinski definition) is 3. The first kappa shape index (κ1) is 18.9. The number of nitrogens with zero attached hydrogens (tertiary/aromatic N) is 2. The highest BCUT2D eigenvalue weighted by Gasteiger charge is 2.62. The zero-order valence-electron chi connectivity index (χ0n) is 16.0. The minimum Gasteiger partial charge on any atom is -0.506 e. The molecule has 0 amide bonds. The molecule has 5 rings (SSSR count). The average molecular weight is 425 g/mol. The van der Waals surface area contributed by atoms with Crippen LogP contribution in [-0.4, -0.2) is 81.6 Å². The van der Waals surface area contributed by atoms with E-state index in [2.05, 4.69) is 9.80 Å². The largest absolute Gasteiger partial charge is 0.506 e. The fourth-order valence-corrected chi connectivity index (χ4v) is 7.66. The second-order valence-corrected chi connectivity index (χ2v) is 9.65. The highest BCUT2D eigenvalue weighted by Crippen LogP contribution is 2.57. The van der Waals surface area contributed by atoms with E-state index in [9.17, 15) is 20.1 Å². The number of piperazine rings is 1. The number of likely N-dealkylation sites (N-methyl/N-ethyl adjacent to an activating group) is 1. The first-order valence-electron chi connectivity index (χ1n) is 9.43. The summed E-state index contributed by atoms with van der Waals surface area (Å²) >= 11 is 2.85. The smallest absolute Gasteiger partial charge is 0.308 e. The summed E-state index contributed by atoms with van der Waals surface area (Å²) in [6, 6.07) is -0.307. The first-order valence-corrected chi connectivity index (χ1v) is 11.9. The maximum atomic E-state index is 11.9. The van der Waals surface area contributed by atoms with Gasteiger partial charge in [0.05, 0.1) is 34.4 Å². The van der Waals surface area contributed by atoms with E-state index in [-0.39, 0.29) is 41.9 Å². The van der Waals surface area contributed by atoms with E-state index >= 15 is 0 Å². The van der Waals surface area contributed by atoms with Gasteiger partial charge in [0, 0.05) is 23.2 Å². The number of thioether (sulfide) groups is 2. The molecule has 0 aliphatic carbocycles. The number of hydrogen-bond acceptors (Lipinski definition) is 8. The van der Waals surface area contributed by atoms with Crippen LogP contribution in [0.3, 0.4) is 0 Å². The van der Waals surface area contributed by atoms with E-state index in [1.807, 2.05) is 19.6 Å². The van der Waals surface area contributed by atoms with Gasteiger partial charge in [-0.25, -0.2) is 0 Å². The Labute approximate surface area is 172 Å². The molecule has 28 heavy (non-hydrogen) atoms. The molecule has 9 heteroatoms. The van der Waals surface area contributed by atoms with Crippen molar-refractivity contribution in [3.63, 3.8) is 0 Å². The van der Waals surface area contributed by atoms with Crippen molar-refractivity contribution in [2.45, 2.75) is 53.0 Å². The summed E-state index contributed by atoms with van der Waals surface area (Å²) < 4.78 is 6.17. The fraction of sp³-hybridized carbons (Fsp3) is 0.632. The Hall–Kier alpha value is -1.13. The number of aliphatic carboxylic acids is 1. The minimum atomic E-state index is -0.766. The molecule has 7 nitrogen and oxygen atoms in total. The lowest BCUT2D eigenvalue weighted by Crippen LogP contribution is -2.64. The Bertz CT molecular complexity index is 865. The molecule has 3 N–H and O–H groups in total. The van der Waals surface area contributed by atoms with Crippen LogP contribution >= 0.6 is 23.5 Å². The highest BCUT2D eigenvalue weighted by molar-refractivity contribution is 8.01. The summed E-state index contributed by atoms with van der Waals surface area (Å²) in [5, 5.41) is 32.0. The van der Waals surface area contributed by atoms with Crippen LogP contribution in [0.1, 0.15) is 23.6 Å². The molecule has 1 aromatic carbocycles. The number of phenols is 2. The number of phenolic OH excluding ortho intramolecular Hbond substituents is 2. The van der Waals surface area contributed by atoms with Gasteiger partial charge >= 0.3 is 5.97 Å². The van der Waals surface area contributed by atoms with Crippen molar-refractivity contribution in [1.82, 2.24) is 9.80 Å². The molecule has 4 aliphatic heterocycles. The molecule has 152 valence electrons. The lowest BCUT2D eigenvalue weighted by Gasteiger charge is -2.51. The van der Waals surface area contributed by atoms with Crippen molar-refractivity contribution in [2.24, 2.45) is 5.92 Å². The Morgan fingerprint density at radius 1 is 1.14 bits per heavy atom. The number of aromatic hydroxyl groups is 2. The van der Waals surface area contributed by atoms with Crippen LogP contribution in [0.4, 0.5) is 0 Å². The van der Waals surface area contributed by atoms with Crippen LogP contribution in [0.2, 0.25) is 0 Å². The van der Waals surface area contributed by atoms with E-state index in [0.29, 0.717) is 29.2 Å². The lowest BCUT2D eigenvalue weighted by molar-refractivity contribution is -0.144. The predicted octanol–water partition coefficient (Wildman–Crippen LogP) is 1.95. The second-order valence-electron chi connectivity index (χ2n) is 8.02. The van der Waals surface area contributed by atoms with Crippen LogP contribution in [0.5, 0.6) is 11.5 Å². The molecular weight excluding hydrogens is 400 g/mol. The van der Waals surface area contributed by atoms with E-state index < -0.39 is 11.9 Å². The summed E-state index contributed by atoms with van der Waals surface area (Å²) in [5.41, 5.74) is 1.51. The van der Waals surface area contributed by atoms with Crippen molar-refractivity contribution in [3.8, 4) is 11.5 Å². The maximum Gasteiger partial charge on any atom is 0.308 e. The van der Waals surface area contributed by atoms with Crippen molar-refractivity contribution in [3.05, 3.63) is 11.1 Å². The standard InChI is InChI=1S/C19H24N2O5S2/c1-20-10-5-8(19(24)25)13(20)9-4-7-12(11-6-26-18(10)21(9)11)15(23)17(28-3)16(27-2)14(7)22/h8-11,13,18,22-23H,4-6H2,1-3H3,(H,24,25)/t8-,9+,10+,11+,13-,18-/m1/s1. The molecule has 3 saturated heterocycles. The van der Waals surface area contributed by atoms with Gasteiger partial charge in [-0.1, -0.05) is 0 Å². The molecule has 6 atom stereocenters. The summed E-state index contributed by atoms with van der Waals surface area (Å²) in [7, 11) is 1.99. The van der Waals surface area contributed by atoms with Gasteiger partial charge in [0.15, 0.2) is 0 Å². The molecule has 0 spiro atoms. The molecule has 0 aromatic heterocycles. The zero-order chi connectivity index (χ0) is 19.9. The Kier molecular flexibility index (Phi) is 4.34. The quantitative estimate of drug-likeness (QED) is 0.497. The third kappa shape index (κ3) is 2.22. The van der Waals surface area contributed by atoms with Crippen LogP contribution in [0.15, 0.2) is 9.79 Å². The average Bonchev–Trinajstić information content (AvgIpc) is 3.20. The number of carboxylic acid groups (broad SMARTS) is 1. The summed E-state index contributed by atoms with van der Waals surface area (Å²) in [6.07, 6.45) is 4.70. The van der Waals surface area contributed by atoms with Crippen LogP contribution in [0.25, 0.3) is 0 Å². The van der Waals surface area contributed by atoms with E-state index in [1.165, 1.54) is 23.5 Å². The van der Waals surface area contributed by atoms with Crippen molar-refractivity contribution >= 4 is 29.5 Å². The Morgan fingerprint density at radius 2 is 1.82 bits per heavy atom. The number of benzene rings is 1. The van der Waals surface area contributed by atoms with Crippen molar-refractivity contribution < 1.29 is 24.9 Å². The maximum absolute atomic E-state index is 11.9. The number of carboxylic acids is 1. The van der Waals surface area contributed by atoms with E-state index in [0.717, 1.165) is 11.1 Å². The molecule has 4 aliphatic rings. The second kappa shape index (κ2) is 6.43. The number of rotatable bonds is 3. The van der Waals surface area contributed by atoms with Gasteiger partial charge in [-0.3, -0.25) is 14.6 Å². The molecular formula is C19H24N2O5S2. The molecule has 0 saturated carbocycles. The third-order valence-electron chi connectivity index (χ3n) is 7.06. The number of ether oxygens (including phenoxy) is 1. The van der Waals surface area contributed by atoms with Crippen LogP contribution in [0, 0.1) is 5.92 Å². The van der Waals surface area contributed by atoms with Gasteiger partial charge in [0.2, 0.25) is 0 Å². The summed E-state index contributed by atoms with van der Waals surface area (Å²) in [5.74, 6) is -0.754. The van der Waals surface area contributed by atoms with Crippen molar-refractivity contribution in [2.75, 3.05) is 26.2 Å². The topological polar surface area (TPSA) is 93.5 Å². The first-order chi connectivity index (χ1) is 13.4. The van der Waals surface area contributed by atoms with Crippen LogP contribution < -0.4 is 0 Å². The molecule has 2 bridgehead atoms. The van der Waals surface area contributed by atoms with Gasteiger partial charge in [-0.15, -0.1) is 23.5 Å². The van der Waals surface area contributed by atoms with Gasteiger partial charge in [0.25, 0.3) is 0 Å². The number of fused-ring (bicyclic) bond motifs is 6.